The molecule has 2 aliphatic rings. The molecule has 2 N–H and O–H groups in total. The Bertz CT molecular complexity index is 424. The largest absolute Gasteiger partial charge is 0.454 e. The summed E-state index contributed by atoms with van der Waals surface area (Å²) in [7, 11) is 0. The van der Waals surface area contributed by atoms with Crippen molar-refractivity contribution in [2.45, 2.75) is 31.6 Å². The van der Waals surface area contributed by atoms with Gasteiger partial charge in [-0.2, -0.15) is 0 Å². The van der Waals surface area contributed by atoms with Gasteiger partial charge in [0.1, 0.15) is 0 Å². The first-order valence-corrected chi connectivity index (χ1v) is 5.92. The van der Waals surface area contributed by atoms with Crippen molar-refractivity contribution in [3.8, 4) is 11.5 Å². The average Bonchev–Trinajstić information content (AvgIpc) is 2.99. The van der Waals surface area contributed by atoms with E-state index in [1.165, 1.54) is 24.0 Å². The zero-order chi connectivity index (χ0) is 11.2. The van der Waals surface area contributed by atoms with Crippen LogP contribution in [0.2, 0.25) is 0 Å². The minimum atomic E-state index is 0.228. The lowest BCUT2D eigenvalue weighted by molar-refractivity contribution is 0.174. The van der Waals surface area contributed by atoms with Crippen molar-refractivity contribution >= 4 is 0 Å². The molecule has 3 rings (SSSR count). The van der Waals surface area contributed by atoms with Crippen LogP contribution in [0, 0.1) is 0 Å². The van der Waals surface area contributed by atoms with E-state index >= 15 is 0 Å². The van der Waals surface area contributed by atoms with Gasteiger partial charge in [0.05, 0.1) is 0 Å². The zero-order valence-corrected chi connectivity index (χ0v) is 9.58. The molecule has 1 saturated carbocycles. The first kappa shape index (κ1) is 9.97. The van der Waals surface area contributed by atoms with E-state index in [4.69, 9.17) is 15.2 Å². The first-order valence-electron chi connectivity index (χ1n) is 5.92. The van der Waals surface area contributed by atoms with Gasteiger partial charge in [0.25, 0.3) is 0 Å². The highest BCUT2D eigenvalue weighted by Crippen LogP contribution is 2.51. The van der Waals surface area contributed by atoms with Crippen LogP contribution in [0.3, 0.4) is 0 Å². The minimum Gasteiger partial charge on any atom is -0.454 e. The van der Waals surface area contributed by atoms with Gasteiger partial charge in [-0.3, -0.25) is 0 Å². The molecule has 1 heterocycles. The molecule has 1 fully saturated rings. The van der Waals surface area contributed by atoms with Gasteiger partial charge >= 0.3 is 0 Å². The van der Waals surface area contributed by atoms with Crippen LogP contribution in [0.5, 0.6) is 11.5 Å². The summed E-state index contributed by atoms with van der Waals surface area (Å²) in [5.74, 6) is 1.76. The predicted molar refractivity (Wildman–Crippen MR) is 61.9 cm³/mol. The molecule has 1 aromatic carbocycles. The van der Waals surface area contributed by atoms with Crippen LogP contribution in [0.1, 0.15) is 30.9 Å². The standard InChI is InChI=1S/C13H17NO2/c1-2-9-5-11-12(16-8-15-11)6-10(9)13(7-14)3-4-13/h5-6H,2-4,7-8,14H2,1H3. The van der Waals surface area contributed by atoms with Crippen LogP contribution in [0.4, 0.5) is 0 Å². The Kier molecular flexibility index (Phi) is 2.11. The second-order valence-corrected chi connectivity index (χ2v) is 4.70. The fourth-order valence-electron chi connectivity index (χ4n) is 2.50. The van der Waals surface area contributed by atoms with E-state index in [1.807, 2.05) is 0 Å². The van der Waals surface area contributed by atoms with Gasteiger partial charge in [-0.05, 0) is 42.5 Å². The van der Waals surface area contributed by atoms with Gasteiger partial charge in [0.2, 0.25) is 6.79 Å². The van der Waals surface area contributed by atoms with Gasteiger partial charge in [0.15, 0.2) is 11.5 Å². The number of fused-ring (bicyclic) bond motifs is 1. The van der Waals surface area contributed by atoms with Crippen molar-refractivity contribution in [2.75, 3.05) is 13.3 Å². The Hall–Kier alpha value is -1.22. The van der Waals surface area contributed by atoms with Crippen LogP contribution in [0.15, 0.2) is 12.1 Å². The highest BCUT2D eigenvalue weighted by molar-refractivity contribution is 5.52. The van der Waals surface area contributed by atoms with E-state index in [-0.39, 0.29) is 5.41 Å². The molecule has 0 radical (unpaired) electrons. The maximum Gasteiger partial charge on any atom is 0.231 e. The maximum atomic E-state index is 5.90. The van der Waals surface area contributed by atoms with Crippen molar-refractivity contribution in [1.29, 1.82) is 0 Å². The van der Waals surface area contributed by atoms with E-state index < -0.39 is 0 Å². The van der Waals surface area contributed by atoms with E-state index in [2.05, 4.69) is 19.1 Å². The number of nitrogens with two attached hydrogens (primary N) is 1. The summed E-state index contributed by atoms with van der Waals surface area (Å²) < 4.78 is 10.9. The van der Waals surface area contributed by atoms with E-state index in [0.717, 1.165) is 24.5 Å². The third kappa shape index (κ3) is 1.31. The van der Waals surface area contributed by atoms with Gasteiger partial charge in [-0.15, -0.1) is 0 Å². The Morgan fingerprint density at radius 3 is 2.50 bits per heavy atom. The molecule has 0 unspecified atom stereocenters. The van der Waals surface area contributed by atoms with Crippen LogP contribution in [0.25, 0.3) is 0 Å². The van der Waals surface area contributed by atoms with Crippen LogP contribution in [-0.4, -0.2) is 13.3 Å². The number of hydrogen-bond donors (Lipinski definition) is 1. The van der Waals surface area contributed by atoms with Crippen molar-refractivity contribution in [3.63, 3.8) is 0 Å². The zero-order valence-electron chi connectivity index (χ0n) is 9.58. The molecule has 3 heteroatoms. The third-order valence-electron chi connectivity index (χ3n) is 3.79. The van der Waals surface area contributed by atoms with Crippen molar-refractivity contribution in [2.24, 2.45) is 5.73 Å². The fraction of sp³-hybridized carbons (Fsp3) is 0.538. The number of ether oxygens (including phenoxy) is 2. The van der Waals surface area contributed by atoms with Gasteiger partial charge in [-0.1, -0.05) is 6.92 Å². The molecule has 0 spiro atoms. The first-order chi connectivity index (χ1) is 7.79. The molecule has 16 heavy (non-hydrogen) atoms. The highest BCUT2D eigenvalue weighted by Gasteiger charge is 2.44. The number of aryl methyl sites for hydroxylation is 1. The fourth-order valence-corrected chi connectivity index (χ4v) is 2.50. The topological polar surface area (TPSA) is 44.5 Å². The lowest BCUT2D eigenvalue weighted by Crippen LogP contribution is -2.21. The van der Waals surface area contributed by atoms with Crippen LogP contribution in [-0.2, 0) is 11.8 Å². The van der Waals surface area contributed by atoms with E-state index in [1.54, 1.807) is 0 Å². The van der Waals surface area contributed by atoms with E-state index in [0.29, 0.717) is 6.79 Å². The van der Waals surface area contributed by atoms with Gasteiger partial charge in [-0.25, -0.2) is 0 Å². The normalized spacial score (nSPS) is 19.9. The molecule has 0 saturated heterocycles. The molecule has 0 bridgehead atoms. The van der Waals surface area contributed by atoms with Crippen molar-refractivity contribution in [1.82, 2.24) is 0 Å². The second kappa shape index (κ2) is 3.39. The third-order valence-corrected chi connectivity index (χ3v) is 3.79. The lowest BCUT2D eigenvalue weighted by Gasteiger charge is -2.17. The average molecular weight is 219 g/mol. The summed E-state index contributed by atoms with van der Waals surface area (Å²) in [5, 5.41) is 0. The Balaban J connectivity index is 2.09. The van der Waals surface area contributed by atoms with Crippen LogP contribution >= 0.6 is 0 Å². The summed E-state index contributed by atoms with van der Waals surface area (Å²) >= 11 is 0. The second-order valence-electron chi connectivity index (χ2n) is 4.70. The highest BCUT2D eigenvalue weighted by atomic mass is 16.7. The molecular weight excluding hydrogens is 202 g/mol. The number of hydrogen-bond acceptors (Lipinski definition) is 3. The van der Waals surface area contributed by atoms with Crippen molar-refractivity contribution < 1.29 is 9.47 Å². The lowest BCUT2D eigenvalue weighted by atomic mass is 9.90. The maximum absolute atomic E-state index is 5.90. The Morgan fingerprint density at radius 1 is 1.25 bits per heavy atom. The SMILES string of the molecule is CCc1cc2c(cc1C1(CN)CC1)OCO2. The summed E-state index contributed by atoms with van der Waals surface area (Å²) in [6.07, 6.45) is 3.43. The molecule has 3 nitrogen and oxygen atoms in total. The quantitative estimate of drug-likeness (QED) is 0.845. The molecule has 1 aliphatic heterocycles. The molecule has 0 amide bonds. The van der Waals surface area contributed by atoms with Crippen molar-refractivity contribution in [3.05, 3.63) is 23.3 Å². The molecular formula is C13H17NO2. The smallest absolute Gasteiger partial charge is 0.231 e. The number of rotatable bonds is 3. The number of benzene rings is 1. The van der Waals surface area contributed by atoms with E-state index in [9.17, 15) is 0 Å². The summed E-state index contributed by atoms with van der Waals surface area (Å²) in [6.45, 7) is 3.25. The molecule has 0 aromatic heterocycles. The minimum absolute atomic E-state index is 0.228. The summed E-state index contributed by atoms with van der Waals surface area (Å²) in [5.41, 5.74) is 8.86. The Morgan fingerprint density at radius 2 is 1.94 bits per heavy atom. The molecule has 0 atom stereocenters. The van der Waals surface area contributed by atoms with Crippen LogP contribution < -0.4 is 15.2 Å². The monoisotopic (exact) mass is 219 g/mol. The Labute approximate surface area is 95.5 Å². The molecule has 1 aromatic rings. The predicted octanol–water partition coefficient (Wildman–Crippen LogP) is 1.97. The summed E-state index contributed by atoms with van der Waals surface area (Å²) in [6, 6.07) is 4.26. The van der Waals surface area contributed by atoms with Gasteiger partial charge in [0, 0.05) is 12.0 Å². The molecule has 86 valence electrons. The molecule has 1 aliphatic carbocycles. The van der Waals surface area contributed by atoms with Gasteiger partial charge < -0.3 is 15.2 Å². The summed E-state index contributed by atoms with van der Waals surface area (Å²) in [4.78, 5) is 0.